The molecule has 3 aromatic rings. The lowest BCUT2D eigenvalue weighted by Gasteiger charge is -2.11. The summed E-state index contributed by atoms with van der Waals surface area (Å²) in [7, 11) is 0. The topological polar surface area (TPSA) is 103 Å². The normalized spacial score (nSPS) is 10.4. The van der Waals surface area contributed by atoms with Gasteiger partial charge in [0.15, 0.2) is 5.76 Å². The van der Waals surface area contributed by atoms with Crippen LogP contribution in [0.5, 0.6) is 0 Å². The SMILES string of the molecule is CCOC(=O)c1ccccc1NC(=O)Cn1cnc(-c2ccco2)cc1=O. The average molecular weight is 367 g/mol. The van der Waals surface area contributed by atoms with Crippen molar-refractivity contribution < 1.29 is 18.7 Å². The summed E-state index contributed by atoms with van der Waals surface area (Å²) >= 11 is 0. The molecule has 2 aromatic heterocycles. The molecule has 0 bridgehead atoms. The fraction of sp³-hybridized carbons (Fsp3) is 0.158. The first-order chi connectivity index (χ1) is 13.1. The number of benzene rings is 1. The van der Waals surface area contributed by atoms with E-state index in [1.54, 1.807) is 43.3 Å². The van der Waals surface area contributed by atoms with E-state index in [2.05, 4.69) is 10.3 Å². The zero-order valence-corrected chi connectivity index (χ0v) is 14.5. The molecule has 1 N–H and O–H groups in total. The molecule has 0 saturated carbocycles. The zero-order valence-electron chi connectivity index (χ0n) is 14.5. The molecular weight excluding hydrogens is 350 g/mol. The number of carbonyl (C=O) groups excluding carboxylic acids is 2. The van der Waals surface area contributed by atoms with Crippen molar-refractivity contribution in [3.8, 4) is 11.5 Å². The predicted molar refractivity (Wildman–Crippen MR) is 97.2 cm³/mol. The van der Waals surface area contributed by atoms with Gasteiger partial charge in [-0.15, -0.1) is 0 Å². The van der Waals surface area contributed by atoms with Gasteiger partial charge in [0.2, 0.25) is 5.91 Å². The molecule has 1 aromatic carbocycles. The number of nitrogens with zero attached hydrogens (tertiary/aromatic N) is 2. The van der Waals surface area contributed by atoms with Crippen LogP contribution in [0.4, 0.5) is 5.69 Å². The predicted octanol–water partition coefficient (Wildman–Crippen LogP) is 2.32. The summed E-state index contributed by atoms with van der Waals surface area (Å²) in [5.74, 6) is -0.538. The third-order valence-corrected chi connectivity index (χ3v) is 3.66. The highest BCUT2D eigenvalue weighted by Crippen LogP contribution is 2.17. The Morgan fingerprint density at radius 1 is 1.22 bits per heavy atom. The van der Waals surface area contributed by atoms with Crippen molar-refractivity contribution in [2.24, 2.45) is 0 Å². The minimum Gasteiger partial charge on any atom is -0.463 e. The number of amides is 1. The lowest BCUT2D eigenvalue weighted by atomic mass is 10.2. The number of hydrogen-bond donors (Lipinski definition) is 1. The van der Waals surface area contributed by atoms with Crippen LogP contribution in [-0.2, 0) is 16.1 Å². The third-order valence-electron chi connectivity index (χ3n) is 3.66. The quantitative estimate of drug-likeness (QED) is 0.671. The van der Waals surface area contributed by atoms with Crippen molar-refractivity contribution in [2.75, 3.05) is 11.9 Å². The highest BCUT2D eigenvalue weighted by Gasteiger charge is 2.15. The summed E-state index contributed by atoms with van der Waals surface area (Å²) < 4.78 is 11.3. The Kier molecular flexibility index (Phi) is 5.46. The van der Waals surface area contributed by atoms with Crippen LogP contribution in [0.1, 0.15) is 17.3 Å². The van der Waals surface area contributed by atoms with E-state index in [0.29, 0.717) is 17.1 Å². The summed E-state index contributed by atoms with van der Waals surface area (Å²) in [5.41, 5.74) is 0.542. The van der Waals surface area contributed by atoms with Crippen LogP contribution in [0.25, 0.3) is 11.5 Å². The van der Waals surface area contributed by atoms with Gasteiger partial charge in [0.1, 0.15) is 12.2 Å². The van der Waals surface area contributed by atoms with Gasteiger partial charge in [-0.2, -0.15) is 0 Å². The molecule has 27 heavy (non-hydrogen) atoms. The van der Waals surface area contributed by atoms with Gasteiger partial charge < -0.3 is 14.5 Å². The molecule has 0 aliphatic heterocycles. The van der Waals surface area contributed by atoms with E-state index in [1.807, 2.05) is 0 Å². The summed E-state index contributed by atoms with van der Waals surface area (Å²) in [6, 6.07) is 11.2. The first-order valence-corrected chi connectivity index (χ1v) is 8.25. The Hall–Kier alpha value is -3.68. The second-order valence-corrected chi connectivity index (χ2v) is 5.53. The summed E-state index contributed by atoms with van der Waals surface area (Å²) in [5, 5.41) is 2.62. The third kappa shape index (κ3) is 4.30. The van der Waals surface area contributed by atoms with E-state index in [-0.39, 0.29) is 18.7 Å². The van der Waals surface area contributed by atoms with Gasteiger partial charge >= 0.3 is 5.97 Å². The average Bonchev–Trinajstić information content (AvgIpc) is 3.19. The molecule has 2 heterocycles. The highest BCUT2D eigenvalue weighted by molar-refractivity contribution is 6.01. The van der Waals surface area contributed by atoms with E-state index in [1.165, 1.54) is 18.7 Å². The molecule has 8 heteroatoms. The molecular formula is C19H17N3O5. The molecule has 0 fully saturated rings. The molecule has 0 unspecified atom stereocenters. The fourth-order valence-corrected chi connectivity index (χ4v) is 2.43. The Labute approximate surface area is 154 Å². The number of anilines is 1. The van der Waals surface area contributed by atoms with Crippen molar-refractivity contribution in [2.45, 2.75) is 13.5 Å². The molecule has 3 rings (SSSR count). The van der Waals surface area contributed by atoms with Crippen molar-refractivity contribution in [3.05, 3.63) is 71.0 Å². The number of esters is 1. The molecule has 0 atom stereocenters. The van der Waals surface area contributed by atoms with Gasteiger partial charge in [0, 0.05) is 6.07 Å². The highest BCUT2D eigenvalue weighted by atomic mass is 16.5. The van der Waals surface area contributed by atoms with Crippen LogP contribution in [-0.4, -0.2) is 28.0 Å². The van der Waals surface area contributed by atoms with Gasteiger partial charge in [-0.05, 0) is 31.2 Å². The monoisotopic (exact) mass is 367 g/mol. The Morgan fingerprint density at radius 2 is 2.04 bits per heavy atom. The molecule has 0 saturated heterocycles. The number of aromatic nitrogens is 2. The van der Waals surface area contributed by atoms with Crippen molar-refractivity contribution in [1.82, 2.24) is 9.55 Å². The Bertz CT molecular complexity index is 1010. The first-order valence-electron chi connectivity index (χ1n) is 8.25. The van der Waals surface area contributed by atoms with Crippen LogP contribution in [0.15, 0.2) is 64.3 Å². The first kappa shape index (κ1) is 18.1. The van der Waals surface area contributed by atoms with E-state index in [9.17, 15) is 14.4 Å². The standard InChI is InChI=1S/C19H17N3O5/c1-2-26-19(25)13-6-3-4-7-14(13)21-17(23)11-22-12-20-15(10-18(22)24)16-8-5-9-27-16/h3-10,12H,2,11H2,1H3,(H,21,23). The van der Waals surface area contributed by atoms with Crippen molar-refractivity contribution in [1.29, 1.82) is 0 Å². The van der Waals surface area contributed by atoms with E-state index >= 15 is 0 Å². The van der Waals surface area contributed by atoms with Crippen LogP contribution in [0, 0.1) is 0 Å². The molecule has 0 aliphatic rings. The Morgan fingerprint density at radius 3 is 2.74 bits per heavy atom. The number of para-hydroxylation sites is 1. The van der Waals surface area contributed by atoms with Gasteiger partial charge in [0.25, 0.3) is 5.56 Å². The zero-order chi connectivity index (χ0) is 19.2. The van der Waals surface area contributed by atoms with Gasteiger partial charge in [-0.3, -0.25) is 14.2 Å². The summed E-state index contributed by atoms with van der Waals surface area (Å²) in [4.78, 5) is 40.6. The van der Waals surface area contributed by atoms with E-state index < -0.39 is 17.4 Å². The van der Waals surface area contributed by atoms with Crippen LogP contribution < -0.4 is 10.9 Å². The lowest BCUT2D eigenvalue weighted by molar-refractivity contribution is -0.116. The molecule has 0 radical (unpaired) electrons. The second-order valence-electron chi connectivity index (χ2n) is 5.53. The maximum absolute atomic E-state index is 12.3. The van der Waals surface area contributed by atoms with Crippen LogP contribution in [0.2, 0.25) is 0 Å². The van der Waals surface area contributed by atoms with E-state index in [4.69, 9.17) is 9.15 Å². The fourth-order valence-electron chi connectivity index (χ4n) is 2.43. The van der Waals surface area contributed by atoms with Gasteiger partial charge in [-0.25, -0.2) is 9.78 Å². The number of nitrogens with one attached hydrogen (secondary N) is 1. The summed E-state index contributed by atoms with van der Waals surface area (Å²) in [6.45, 7) is 1.68. The van der Waals surface area contributed by atoms with Crippen LogP contribution in [0.3, 0.4) is 0 Å². The maximum atomic E-state index is 12.3. The number of rotatable bonds is 6. The maximum Gasteiger partial charge on any atom is 0.340 e. The van der Waals surface area contributed by atoms with Crippen molar-refractivity contribution in [3.63, 3.8) is 0 Å². The molecule has 138 valence electrons. The smallest absolute Gasteiger partial charge is 0.340 e. The largest absolute Gasteiger partial charge is 0.463 e. The van der Waals surface area contributed by atoms with Crippen molar-refractivity contribution >= 4 is 17.6 Å². The minimum absolute atomic E-state index is 0.226. The van der Waals surface area contributed by atoms with Crippen LogP contribution >= 0.6 is 0 Å². The number of ether oxygens (including phenoxy) is 1. The molecule has 8 nitrogen and oxygen atoms in total. The molecule has 1 amide bonds. The number of furan rings is 1. The van der Waals surface area contributed by atoms with Gasteiger partial charge in [0.05, 0.1) is 30.4 Å². The van der Waals surface area contributed by atoms with E-state index in [0.717, 1.165) is 4.57 Å². The Balaban J connectivity index is 1.74. The number of hydrogen-bond acceptors (Lipinski definition) is 6. The summed E-state index contributed by atoms with van der Waals surface area (Å²) in [6.07, 6.45) is 2.76. The van der Waals surface area contributed by atoms with Gasteiger partial charge in [-0.1, -0.05) is 12.1 Å². The minimum atomic E-state index is -0.532. The second kappa shape index (κ2) is 8.13. The number of carbonyl (C=O) groups is 2. The molecule has 0 aliphatic carbocycles. The molecule has 0 spiro atoms. The lowest BCUT2D eigenvalue weighted by Crippen LogP contribution is -2.28.